The van der Waals surface area contributed by atoms with E-state index in [0.29, 0.717) is 6.54 Å². The minimum Gasteiger partial charge on any atom is -0.481 e. The summed E-state index contributed by atoms with van der Waals surface area (Å²) in [6, 6.07) is 0.802. The van der Waals surface area contributed by atoms with Crippen molar-refractivity contribution < 1.29 is 9.90 Å². The Kier molecular flexibility index (Phi) is 5.01. The van der Waals surface area contributed by atoms with Gasteiger partial charge in [0.15, 0.2) is 0 Å². The average molecular weight is 254 g/mol. The van der Waals surface area contributed by atoms with Crippen LogP contribution in [0.4, 0.5) is 0 Å². The molecule has 4 heteroatoms. The van der Waals surface area contributed by atoms with E-state index in [-0.39, 0.29) is 6.42 Å². The van der Waals surface area contributed by atoms with Crippen molar-refractivity contribution in [3.8, 4) is 0 Å². The molecule has 2 atom stereocenters. The van der Waals surface area contributed by atoms with Crippen LogP contribution < -0.4 is 0 Å². The third-order valence-electron chi connectivity index (χ3n) is 4.66. The quantitative estimate of drug-likeness (QED) is 0.810. The summed E-state index contributed by atoms with van der Waals surface area (Å²) in [5.74, 6) is 0.263. The molecular weight excluding hydrogens is 228 g/mol. The summed E-state index contributed by atoms with van der Waals surface area (Å²) in [7, 11) is 0. The number of hydrogen-bond donors (Lipinski definition) is 1. The summed E-state index contributed by atoms with van der Waals surface area (Å²) in [6.07, 6.45) is 5.76. The maximum Gasteiger partial charge on any atom is 0.304 e. The second kappa shape index (κ2) is 6.53. The third-order valence-corrected chi connectivity index (χ3v) is 4.66. The van der Waals surface area contributed by atoms with E-state index in [1.165, 1.54) is 25.7 Å². The lowest BCUT2D eigenvalue weighted by atomic mass is 10.0. The summed E-state index contributed by atoms with van der Waals surface area (Å²) in [5.41, 5.74) is 0. The van der Waals surface area contributed by atoms with Crippen molar-refractivity contribution in [2.45, 2.75) is 45.1 Å². The molecule has 2 unspecified atom stereocenters. The van der Waals surface area contributed by atoms with Crippen LogP contribution in [-0.4, -0.2) is 59.6 Å². The van der Waals surface area contributed by atoms with Crippen molar-refractivity contribution in [1.29, 1.82) is 0 Å². The molecule has 0 bridgehead atoms. The van der Waals surface area contributed by atoms with E-state index in [2.05, 4.69) is 16.7 Å². The second-order valence-corrected chi connectivity index (χ2v) is 5.76. The monoisotopic (exact) mass is 254 g/mol. The molecule has 1 saturated carbocycles. The maximum absolute atomic E-state index is 10.5. The number of carboxylic acid groups (broad SMARTS) is 1. The number of carbonyl (C=O) groups is 1. The smallest absolute Gasteiger partial charge is 0.304 e. The normalized spacial score (nSPS) is 30.7. The fraction of sp³-hybridized carbons (Fsp3) is 0.929. The SMILES string of the molecule is CCC1CCC(N2CCN(CCC(=O)O)CC2)C1. The lowest BCUT2D eigenvalue weighted by Crippen LogP contribution is -2.50. The summed E-state index contributed by atoms with van der Waals surface area (Å²) in [4.78, 5) is 15.5. The Morgan fingerprint density at radius 1 is 1.22 bits per heavy atom. The Hall–Kier alpha value is -0.610. The molecule has 0 aromatic heterocycles. The second-order valence-electron chi connectivity index (χ2n) is 5.76. The van der Waals surface area contributed by atoms with Crippen LogP contribution in [0.25, 0.3) is 0 Å². The summed E-state index contributed by atoms with van der Waals surface area (Å²) in [6.45, 7) is 7.35. The van der Waals surface area contributed by atoms with E-state index in [1.54, 1.807) is 0 Å². The molecule has 104 valence electrons. The Morgan fingerprint density at radius 2 is 1.94 bits per heavy atom. The number of nitrogens with zero attached hydrogens (tertiary/aromatic N) is 2. The maximum atomic E-state index is 10.5. The highest BCUT2D eigenvalue weighted by molar-refractivity contribution is 5.66. The number of hydrogen-bond acceptors (Lipinski definition) is 3. The van der Waals surface area contributed by atoms with Crippen LogP contribution in [-0.2, 0) is 4.79 Å². The molecular formula is C14H26N2O2. The van der Waals surface area contributed by atoms with Gasteiger partial charge in [-0.15, -0.1) is 0 Å². The molecule has 0 radical (unpaired) electrons. The van der Waals surface area contributed by atoms with Crippen LogP contribution in [0.15, 0.2) is 0 Å². The van der Waals surface area contributed by atoms with E-state index in [9.17, 15) is 4.79 Å². The molecule has 4 nitrogen and oxygen atoms in total. The molecule has 0 aromatic rings. The van der Waals surface area contributed by atoms with Gasteiger partial charge in [-0.1, -0.05) is 13.3 Å². The van der Waals surface area contributed by atoms with Crippen LogP contribution >= 0.6 is 0 Å². The lowest BCUT2D eigenvalue weighted by molar-refractivity contribution is -0.137. The molecule has 2 fully saturated rings. The Morgan fingerprint density at radius 3 is 2.50 bits per heavy atom. The van der Waals surface area contributed by atoms with Gasteiger partial charge in [0.2, 0.25) is 0 Å². The van der Waals surface area contributed by atoms with E-state index < -0.39 is 5.97 Å². The van der Waals surface area contributed by atoms with Gasteiger partial charge in [-0.05, 0) is 25.2 Å². The van der Waals surface area contributed by atoms with E-state index >= 15 is 0 Å². The molecule has 18 heavy (non-hydrogen) atoms. The summed E-state index contributed by atoms with van der Waals surface area (Å²) >= 11 is 0. The van der Waals surface area contributed by atoms with Gasteiger partial charge in [0.25, 0.3) is 0 Å². The van der Waals surface area contributed by atoms with Gasteiger partial charge in [-0.25, -0.2) is 0 Å². The first-order chi connectivity index (χ1) is 8.69. The molecule has 0 spiro atoms. The number of aliphatic carboxylic acids is 1. The molecule has 1 N–H and O–H groups in total. The molecule has 2 aliphatic rings. The number of carboxylic acids is 1. The van der Waals surface area contributed by atoms with Crippen molar-refractivity contribution in [3.63, 3.8) is 0 Å². The van der Waals surface area contributed by atoms with Gasteiger partial charge >= 0.3 is 5.97 Å². The summed E-state index contributed by atoms with van der Waals surface area (Å²) < 4.78 is 0. The van der Waals surface area contributed by atoms with E-state index in [1.807, 2.05) is 0 Å². The highest BCUT2D eigenvalue weighted by atomic mass is 16.4. The Bertz CT molecular complexity index is 275. The fourth-order valence-electron chi connectivity index (χ4n) is 3.36. The fourth-order valence-corrected chi connectivity index (χ4v) is 3.36. The van der Waals surface area contributed by atoms with E-state index in [4.69, 9.17) is 5.11 Å². The Labute approximate surface area is 110 Å². The molecule has 0 amide bonds. The first-order valence-electron chi connectivity index (χ1n) is 7.37. The van der Waals surface area contributed by atoms with Crippen molar-refractivity contribution in [1.82, 2.24) is 9.80 Å². The standard InChI is InChI=1S/C14H26N2O2/c1-2-12-3-4-13(11-12)16-9-7-15(8-10-16)6-5-14(17)18/h12-13H,2-11H2,1H3,(H,17,18). The molecule has 0 aromatic carbocycles. The van der Waals surface area contributed by atoms with Crippen LogP contribution in [0.3, 0.4) is 0 Å². The van der Waals surface area contributed by atoms with Gasteiger partial charge in [0, 0.05) is 38.8 Å². The zero-order chi connectivity index (χ0) is 13.0. The van der Waals surface area contributed by atoms with E-state index in [0.717, 1.165) is 38.1 Å². The number of piperazine rings is 1. The van der Waals surface area contributed by atoms with Crippen molar-refractivity contribution >= 4 is 5.97 Å². The first kappa shape index (κ1) is 13.8. The molecule has 1 aliphatic heterocycles. The third kappa shape index (κ3) is 3.69. The van der Waals surface area contributed by atoms with Gasteiger partial charge < -0.3 is 10.0 Å². The van der Waals surface area contributed by atoms with Gasteiger partial charge in [0.05, 0.1) is 6.42 Å². The zero-order valence-corrected chi connectivity index (χ0v) is 11.5. The average Bonchev–Trinajstić information content (AvgIpc) is 2.85. The Balaban J connectivity index is 1.69. The first-order valence-corrected chi connectivity index (χ1v) is 7.37. The van der Waals surface area contributed by atoms with Crippen LogP contribution in [0.5, 0.6) is 0 Å². The molecule has 2 rings (SSSR count). The minimum absolute atomic E-state index is 0.279. The molecule has 1 aliphatic carbocycles. The zero-order valence-electron chi connectivity index (χ0n) is 11.5. The van der Waals surface area contributed by atoms with Gasteiger partial charge in [-0.3, -0.25) is 9.69 Å². The molecule has 1 heterocycles. The van der Waals surface area contributed by atoms with Crippen LogP contribution in [0.1, 0.15) is 39.0 Å². The highest BCUT2D eigenvalue weighted by Gasteiger charge is 2.30. The van der Waals surface area contributed by atoms with Crippen molar-refractivity contribution in [2.24, 2.45) is 5.92 Å². The largest absolute Gasteiger partial charge is 0.481 e. The lowest BCUT2D eigenvalue weighted by Gasteiger charge is -2.38. The van der Waals surface area contributed by atoms with Crippen molar-refractivity contribution in [2.75, 3.05) is 32.7 Å². The van der Waals surface area contributed by atoms with Crippen LogP contribution in [0, 0.1) is 5.92 Å². The van der Waals surface area contributed by atoms with Crippen LogP contribution in [0.2, 0.25) is 0 Å². The van der Waals surface area contributed by atoms with Crippen molar-refractivity contribution in [3.05, 3.63) is 0 Å². The van der Waals surface area contributed by atoms with Gasteiger partial charge in [-0.2, -0.15) is 0 Å². The summed E-state index contributed by atoms with van der Waals surface area (Å²) in [5, 5.41) is 8.69. The number of rotatable bonds is 5. The predicted molar refractivity (Wildman–Crippen MR) is 71.7 cm³/mol. The minimum atomic E-state index is -0.681. The molecule has 1 saturated heterocycles. The topological polar surface area (TPSA) is 43.8 Å². The predicted octanol–water partition coefficient (Wildman–Crippen LogP) is 1.66. The van der Waals surface area contributed by atoms with Gasteiger partial charge in [0.1, 0.15) is 0 Å². The highest BCUT2D eigenvalue weighted by Crippen LogP contribution is 2.31.